The third kappa shape index (κ3) is 13.0. The summed E-state index contributed by atoms with van der Waals surface area (Å²) in [5, 5.41) is 27.0. The molecule has 0 saturated heterocycles. The Kier molecular flexibility index (Phi) is 18.8. The zero-order chi connectivity index (χ0) is 94.6. The molecule has 0 bridgehead atoms. The molecular formula is C132H76N12. The first-order valence-electron chi connectivity index (χ1n) is 48.5. The smallest absolute Gasteiger partial charge is 0.0978 e. The number of pyridine rings is 12. The number of hydrogen-bond acceptors (Lipinski definition) is 12. The summed E-state index contributed by atoms with van der Waals surface area (Å²) in [6.45, 7) is 0. The van der Waals surface area contributed by atoms with Crippen molar-refractivity contribution >= 4 is 229 Å². The predicted molar refractivity (Wildman–Crippen MR) is 599 cm³/mol. The van der Waals surface area contributed by atoms with E-state index in [1.165, 1.54) is 99.1 Å². The second kappa shape index (κ2) is 33.1. The van der Waals surface area contributed by atoms with Gasteiger partial charge in [-0.25, -0.2) is 29.9 Å². The summed E-state index contributed by atoms with van der Waals surface area (Å²) in [6, 6.07) is 150. The molecule has 0 atom stereocenters. The van der Waals surface area contributed by atoms with Crippen molar-refractivity contribution in [2.75, 3.05) is 0 Å². The number of fused-ring (bicyclic) bond motifs is 27. The van der Waals surface area contributed by atoms with E-state index in [4.69, 9.17) is 59.8 Å². The van der Waals surface area contributed by atoms with Crippen LogP contribution >= 0.6 is 0 Å². The summed E-state index contributed by atoms with van der Waals surface area (Å²) < 4.78 is 0. The minimum Gasteiger partial charge on any atom is -0.254 e. The van der Waals surface area contributed by atoms with E-state index in [2.05, 4.69) is 376 Å². The van der Waals surface area contributed by atoms with Crippen LogP contribution < -0.4 is 0 Å². The van der Waals surface area contributed by atoms with Crippen LogP contribution in [0.2, 0.25) is 0 Å². The fourth-order valence-corrected chi connectivity index (χ4v) is 22.8. The molecule has 12 heterocycles. The fraction of sp³-hybridized carbons (Fsp3) is 0. The van der Waals surface area contributed by atoms with Gasteiger partial charge in [-0.15, -0.1) is 0 Å². The highest BCUT2D eigenvalue weighted by molar-refractivity contribution is 6.33. The van der Waals surface area contributed by atoms with Gasteiger partial charge in [0.05, 0.1) is 99.3 Å². The molecule has 0 amide bonds. The van der Waals surface area contributed by atoms with Crippen molar-refractivity contribution in [2.45, 2.75) is 0 Å². The Bertz CT molecular complexity index is 10300. The minimum atomic E-state index is 0.915. The van der Waals surface area contributed by atoms with E-state index in [9.17, 15) is 0 Å². The van der Waals surface area contributed by atoms with Gasteiger partial charge in [0.1, 0.15) is 0 Å². The van der Waals surface area contributed by atoms with Gasteiger partial charge in [0.2, 0.25) is 0 Å². The summed E-state index contributed by atoms with van der Waals surface area (Å²) in [7, 11) is 0. The first-order valence-corrected chi connectivity index (χ1v) is 48.5. The lowest BCUT2D eigenvalue weighted by Crippen LogP contribution is -1.96. The quantitative estimate of drug-likeness (QED) is 0.110. The Balaban J connectivity index is 0.000000103. The molecule has 12 nitrogen and oxygen atoms in total. The van der Waals surface area contributed by atoms with Crippen molar-refractivity contribution in [1.82, 2.24) is 59.8 Å². The topological polar surface area (TPSA) is 155 Å². The molecule has 31 aromatic rings. The molecular weight excluding hydrogens is 1750 g/mol. The molecule has 0 aliphatic heterocycles. The van der Waals surface area contributed by atoms with Gasteiger partial charge in [-0.05, 0) is 150 Å². The van der Waals surface area contributed by atoms with Crippen LogP contribution in [0.4, 0.5) is 0 Å². The number of para-hydroxylation sites is 6. The Labute approximate surface area is 822 Å². The first-order chi connectivity index (χ1) is 71.5. The molecule has 0 radical (unpaired) electrons. The molecule has 664 valence electrons. The predicted octanol–water partition coefficient (Wildman–Crippen LogP) is 33.7. The normalized spacial score (nSPS) is 11.9. The number of hydrogen-bond donors (Lipinski definition) is 0. The molecule has 31 rings (SSSR count). The van der Waals surface area contributed by atoms with Crippen molar-refractivity contribution in [3.05, 3.63) is 462 Å². The molecule has 12 aromatic heterocycles. The van der Waals surface area contributed by atoms with Gasteiger partial charge in [0, 0.05) is 168 Å². The van der Waals surface area contributed by atoms with E-state index in [-0.39, 0.29) is 0 Å². The average Bonchev–Trinajstić information content (AvgIpc) is 0.703. The van der Waals surface area contributed by atoms with E-state index in [1.807, 2.05) is 85.7 Å². The average molecular weight is 1830 g/mol. The molecule has 0 saturated carbocycles. The Morgan fingerprint density at radius 3 is 0.528 bits per heavy atom. The van der Waals surface area contributed by atoms with Crippen molar-refractivity contribution < 1.29 is 0 Å². The molecule has 0 N–H and O–H groups in total. The van der Waals surface area contributed by atoms with Crippen LogP contribution in [0, 0.1) is 0 Å². The zero-order valence-electron chi connectivity index (χ0n) is 77.2. The lowest BCUT2D eigenvalue weighted by atomic mass is 9.82. The molecule has 144 heavy (non-hydrogen) atoms. The van der Waals surface area contributed by atoms with Crippen molar-refractivity contribution in [1.29, 1.82) is 0 Å². The van der Waals surface area contributed by atoms with Gasteiger partial charge in [-0.3, -0.25) is 29.9 Å². The Morgan fingerprint density at radius 1 is 0.104 bits per heavy atom. The highest BCUT2D eigenvalue weighted by Gasteiger charge is 2.28. The monoisotopic (exact) mass is 1830 g/mol. The number of benzene rings is 19. The molecule has 0 spiro atoms. The van der Waals surface area contributed by atoms with E-state index >= 15 is 0 Å². The van der Waals surface area contributed by atoms with E-state index in [0.29, 0.717) is 0 Å². The van der Waals surface area contributed by atoms with Crippen LogP contribution in [-0.2, 0) is 0 Å². The third-order valence-electron chi connectivity index (χ3n) is 29.1. The Morgan fingerprint density at radius 2 is 0.285 bits per heavy atom. The number of nitrogens with zero attached hydrogens (tertiary/aromatic N) is 12. The highest BCUT2D eigenvalue weighted by Crippen LogP contribution is 2.53. The summed E-state index contributed by atoms with van der Waals surface area (Å²) >= 11 is 0. The summed E-state index contributed by atoms with van der Waals surface area (Å²) in [6.07, 6.45) is 11.1. The number of rotatable bonds is 7. The molecule has 0 aliphatic rings. The highest BCUT2D eigenvalue weighted by atomic mass is 14.8. The van der Waals surface area contributed by atoms with Crippen molar-refractivity contribution in [3.63, 3.8) is 0 Å². The van der Waals surface area contributed by atoms with Crippen molar-refractivity contribution in [2.24, 2.45) is 0 Å². The maximum absolute atomic E-state index is 5.24. The van der Waals surface area contributed by atoms with Crippen LogP contribution in [0.5, 0.6) is 0 Å². The molecule has 19 aromatic carbocycles. The van der Waals surface area contributed by atoms with Gasteiger partial charge >= 0.3 is 0 Å². The second-order valence-corrected chi connectivity index (χ2v) is 36.9. The van der Waals surface area contributed by atoms with Crippen molar-refractivity contribution in [3.8, 4) is 77.9 Å². The van der Waals surface area contributed by atoms with E-state index in [1.54, 1.807) is 0 Å². The van der Waals surface area contributed by atoms with Crippen LogP contribution in [0.25, 0.3) is 306 Å². The zero-order valence-corrected chi connectivity index (χ0v) is 77.2. The molecule has 12 heteroatoms. The first kappa shape index (κ1) is 81.6. The molecule has 0 aliphatic carbocycles. The third-order valence-corrected chi connectivity index (χ3v) is 29.1. The van der Waals surface area contributed by atoms with Crippen LogP contribution in [0.15, 0.2) is 462 Å². The second-order valence-electron chi connectivity index (χ2n) is 36.9. The largest absolute Gasteiger partial charge is 0.254 e. The summed E-state index contributed by atoms with van der Waals surface area (Å²) in [5.41, 5.74) is 33.3. The SMILES string of the molecule is c1cnc2c(c1)ccc1c(-c3c4ccccc4c(-c4c5ccccc5nc5c4ccc4cccnc45)c4ccccc34)c3ccccc3nc12.c1cnc2c(c1)ccc1c(-c3ccc(-c4c5ccccc5nc5c4ccc4cccnc45)c4ccccc34)c3ccccc3nc12.c1cnc2c(c1)ccc1c(-c3ccc(-c4ccc(-c5c6ccccc6nc6c5ccc5cccnc56)cc4)cc3)c3ccccc3nc12. The van der Waals surface area contributed by atoms with Gasteiger partial charge in [-0.1, -0.05) is 352 Å². The van der Waals surface area contributed by atoms with Gasteiger partial charge in [0.15, 0.2) is 0 Å². The standard InChI is InChI=1S/C46H26N4.C44H26N4.C42H24N4/c1-2-14-30-29(13-1)39(41-33-17-5-7-19-37(33)49-45-35(41)23-21-27-11-9-25-47-43(27)45)31-15-3-4-16-32(31)40(30)42-34-18-6-8-20-38(34)50-46-36(42)24-22-28-12-10-26-48-44(28)46;1-3-11-37-33(9-1)39(35-23-21-31-7-5-25-45-41(31)43(35)47-37)29-17-13-27(14-18-29)28-15-19-30(20-16-28)40-34-10-2-4-12-38(34)48-44-36(40)24-22-32-8-6-26-46-42(32)44;1-2-12-28-27(11-1)29(37-31-13-3-5-15-35(31)45-41-33(37)19-17-25-9-7-23-43-39(25)41)21-22-30(28)38-32-14-4-6-16-36(32)46-42-34(38)20-18-26-10-8-24-44-40(26)42/h1-26H;1-26H;1-24H. The molecule has 0 unspecified atom stereocenters. The van der Waals surface area contributed by atoms with Crippen LogP contribution in [-0.4, -0.2) is 59.8 Å². The van der Waals surface area contributed by atoms with Gasteiger partial charge < -0.3 is 0 Å². The summed E-state index contributed by atoms with van der Waals surface area (Å²) in [4.78, 5) is 59.6. The maximum Gasteiger partial charge on any atom is 0.0978 e. The summed E-state index contributed by atoms with van der Waals surface area (Å²) in [5.74, 6) is 0. The lowest BCUT2D eigenvalue weighted by molar-refractivity contribution is 1.40. The van der Waals surface area contributed by atoms with E-state index in [0.717, 1.165) is 207 Å². The van der Waals surface area contributed by atoms with Crippen LogP contribution in [0.1, 0.15) is 0 Å². The maximum atomic E-state index is 5.24. The van der Waals surface area contributed by atoms with E-state index < -0.39 is 0 Å². The molecule has 0 fully saturated rings. The fourth-order valence-electron chi connectivity index (χ4n) is 22.8. The van der Waals surface area contributed by atoms with Gasteiger partial charge in [0.25, 0.3) is 0 Å². The van der Waals surface area contributed by atoms with Gasteiger partial charge in [-0.2, -0.15) is 0 Å². The Hall–Kier alpha value is -19.6. The number of aromatic nitrogens is 12. The lowest BCUT2D eigenvalue weighted by Gasteiger charge is -2.21. The minimum absolute atomic E-state index is 0.915. The van der Waals surface area contributed by atoms with Crippen LogP contribution in [0.3, 0.4) is 0 Å².